The quantitative estimate of drug-likeness (QED) is 0.769. The summed E-state index contributed by atoms with van der Waals surface area (Å²) >= 11 is 1.63. The van der Waals surface area contributed by atoms with Crippen molar-refractivity contribution in [1.82, 2.24) is 10.3 Å². The molecule has 0 aliphatic carbocycles. The fourth-order valence-electron chi connectivity index (χ4n) is 2.10. The molecule has 0 aliphatic heterocycles. The smallest absolute Gasteiger partial charge is 0.220 e. The van der Waals surface area contributed by atoms with Gasteiger partial charge in [0.2, 0.25) is 5.91 Å². The summed E-state index contributed by atoms with van der Waals surface area (Å²) in [5.74, 6) is 1.23. The highest BCUT2D eigenvalue weighted by Gasteiger charge is 2.15. The first-order valence-corrected chi connectivity index (χ1v) is 7.77. The first-order valence-electron chi connectivity index (χ1n) is 6.89. The number of aromatic nitrogens is 1. The van der Waals surface area contributed by atoms with E-state index in [0.717, 1.165) is 11.4 Å². The monoisotopic (exact) mass is 283 g/mol. The van der Waals surface area contributed by atoms with Crippen LogP contribution >= 0.6 is 11.3 Å². The van der Waals surface area contributed by atoms with Gasteiger partial charge in [-0.15, -0.1) is 11.3 Å². The number of nitrogens with zero attached hydrogens (tertiary/aromatic N) is 1. The van der Waals surface area contributed by atoms with Crippen molar-refractivity contribution >= 4 is 17.2 Å². The van der Waals surface area contributed by atoms with Gasteiger partial charge in [-0.3, -0.25) is 4.79 Å². The molecule has 0 radical (unpaired) electrons. The highest BCUT2D eigenvalue weighted by molar-refractivity contribution is 7.09. The highest BCUT2D eigenvalue weighted by atomic mass is 32.1. The lowest BCUT2D eigenvalue weighted by molar-refractivity contribution is -0.122. The zero-order valence-corrected chi connectivity index (χ0v) is 12.9. The van der Waals surface area contributed by atoms with E-state index in [1.165, 1.54) is 0 Å². The molecule has 0 aliphatic rings. The van der Waals surface area contributed by atoms with Gasteiger partial charge < -0.3 is 11.1 Å². The van der Waals surface area contributed by atoms with E-state index in [0.29, 0.717) is 25.4 Å². The Morgan fingerprint density at radius 3 is 2.74 bits per heavy atom. The van der Waals surface area contributed by atoms with E-state index in [9.17, 15) is 4.79 Å². The number of carbonyl (C=O) groups is 1. The molecule has 0 saturated carbocycles. The molecule has 1 amide bonds. The minimum absolute atomic E-state index is 0.0968. The van der Waals surface area contributed by atoms with Crippen LogP contribution < -0.4 is 11.1 Å². The summed E-state index contributed by atoms with van der Waals surface area (Å²) in [4.78, 5) is 16.1. The van der Waals surface area contributed by atoms with Gasteiger partial charge in [-0.1, -0.05) is 20.8 Å². The van der Waals surface area contributed by atoms with Crippen LogP contribution in [0, 0.1) is 11.8 Å². The molecular weight excluding hydrogens is 258 g/mol. The second kappa shape index (κ2) is 8.27. The summed E-state index contributed by atoms with van der Waals surface area (Å²) in [6, 6.07) is 0. The Hall–Kier alpha value is -0.940. The molecule has 1 unspecified atom stereocenters. The van der Waals surface area contributed by atoms with Crippen molar-refractivity contribution in [2.45, 2.75) is 39.5 Å². The maximum atomic E-state index is 11.9. The second-order valence-electron chi connectivity index (χ2n) is 5.51. The molecule has 0 aromatic carbocycles. The fraction of sp³-hybridized carbons (Fsp3) is 0.714. The van der Waals surface area contributed by atoms with Crippen LogP contribution in [-0.4, -0.2) is 24.0 Å². The molecule has 0 saturated heterocycles. The lowest BCUT2D eigenvalue weighted by Crippen LogP contribution is -2.31. The van der Waals surface area contributed by atoms with Gasteiger partial charge in [0.25, 0.3) is 0 Å². The number of carbonyl (C=O) groups excluding carboxylic acids is 1. The van der Waals surface area contributed by atoms with Gasteiger partial charge in [0, 0.05) is 30.5 Å². The van der Waals surface area contributed by atoms with Gasteiger partial charge in [0.05, 0.1) is 5.01 Å². The van der Waals surface area contributed by atoms with Crippen molar-refractivity contribution < 1.29 is 4.79 Å². The summed E-state index contributed by atoms with van der Waals surface area (Å²) in [7, 11) is 0. The largest absolute Gasteiger partial charge is 0.355 e. The van der Waals surface area contributed by atoms with E-state index >= 15 is 0 Å². The van der Waals surface area contributed by atoms with Crippen LogP contribution in [0.2, 0.25) is 0 Å². The Labute approximate surface area is 119 Å². The Kier molecular flexibility index (Phi) is 7.02. The van der Waals surface area contributed by atoms with Gasteiger partial charge in [-0.2, -0.15) is 0 Å². The van der Waals surface area contributed by atoms with E-state index in [2.05, 4.69) is 31.1 Å². The Balaban J connectivity index is 2.30. The van der Waals surface area contributed by atoms with Gasteiger partial charge >= 0.3 is 0 Å². The highest BCUT2D eigenvalue weighted by Crippen LogP contribution is 2.17. The van der Waals surface area contributed by atoms with Gasteiger partial charge in [-0.05, 0) is 24.8 Å². The summed E-state index contributed by atoms with van der Waals surface area (Å²) in [6.07, 6.45) is 3.33. The van der Waals surface area contributed by atoms with Gasteiger partial charge in [0.15, 0.2) is 0 Å². The number of hydrogen-bond acceptors (Lipinski definition) is 4. The average Bonchev–Trinajstić information content (AvgIpc) is 2.88. The van der Waals surface area contributed by atoms with Crippen LogP contribution in [-0.2, 0) is 4.79 Å². The number of thiazole rings is 1. The Bertz CT molecular complexity index is 365. The average molecular weight is 283 g/mol. The number of nitrogens with two attached hydrogens (primary N) is 1. The van der Waals surface area contributed by atoms with Crippen LogP contribution in [0.4, 0.5) is 0 Å². The fourth-order valence-corrected chi connectivity index (χ4v) is 2.79. The van der Waals surface area contributed by atoms with E-state index in [-0.39, 0.29) is 17.7 Å². The predicted molar refractivity (Wildman–Crippen MR) is 80.2 cm³/mol. The van der Waals surface area contributed by atoms with Gasteiger partial charge in [-0.25, -0.2) is 4.98 Å². The first kappa shape index (κ1) is 16.1. The Morgan fingerprint density at radius 1 is 1.47 bits per heavy atom. The van der Waals surface area contributed by atoms with Crippen molar-refractivity contribution in [1.29, 1.82) is 0 Å². The van der Waals surface area contributed by atoms with E-state index in [1.807, 2.05) is 5.38 Å². The summed E-state index contributed by atoms with van der Waals surface area (Å²) in [6.45, 7) is 7.61. The lowest BCUT2D eigenvalue weighted by atomic mass is 9.94. The third kappa shape index (κ3) is 6.16. The van der Waals surface area contributed by atoms with Crippen LogP contribution in [0.1, 0.15) is 44.5 Å². The molecule has 0 spiro atoms. The minimum Gasteiger partial charge on any atom is -0.355 e. The predicted octanol–water partition coefficient (Wildman–Crippen LogP) is 2.37. The van der Waals surface area contributed by atoms with Crippen molar-refractivity contribution in [3.8, 4) is 0 Å². The molecule has 2 atom stereocenters. The first-order chi connectivity index (χ1) is 9.02. The zero-order chi connectivity index (χ0) is 14.3. The summed E-state index contributed by atoms with van der Waals surface area (Å²) in [5.41, 5.74) is 5.71. The molecule has 1 aromatic rings. The van der Waals surface area contributed by atoms with Crippen LogP contribution in [0.15, 0.2) is 11.6 Å². The molecule has 0 fully saturated rings. The van der Waals surface area contributed by atoms with Crippen LogP contribution in [0.3, 0.4) is 0 Å². The third-order valence-electron chi connectivity index (χ3n) is 3.09. The number of rotatable bonds is 8. The maximum absolute atomic E-state index is 11.9. The second-order valence-corrected chi connectivity index (χ2v) is 6.44. The van der Waals surface area contributed by atoms with Crippen molar-refractivity contribution in [3.05, 3.63) is 16.6 Å². The molecular formula is C14H25N3OS. The number of hydrogen-bond donors (Lipinski definition) is 2. The maximum Gasteiger partial charge on any atom is 0.220 e. The van der Waals surface area contributed by atoms with Crippen molar-refractivity contribution in [3.63, 3.8) is 0 Å². The van der Waals surface area contributed by atoms with Crippen molar-refractivity contribution in [2.75, 3.05) is 13.1 Å². The minimum atomic E-state index is 0.0968. The molecule has 4 nitrogen and oxygen atoms in total. The van der Waals surface area contributed by atoms with E-state index in [1.54, 1.807) is 17.5 Å². The normalized spacial score (nSPS) is 14.4. The number of amides is 1. The van der Waals surface area contributed by atoms with Crippen LogP contribution in [0.5, 0.6) is 0 Å². The molecule has 1 rings (SSSR count). The molecule has 1 aromatic heterocycles. The molecule has 1 heterocycles. The lowest BCUT2D eigenvalue weighted by Gasteiger charge is -2.17. The molecule has 0 bridgehead atoms. The van der Waals surface area contributed by atoms with E-state index < -0.39 is 0 Å². The summed E-state index contributed by atoms with van der Waals surface area (Å²) < 4.78 is 0. The summed E-state index contributed by atoms with van der Waals surface area (Å²) in [5, 5.41) is 6.01. The van der Waals surface area contributed by atoms with E-state index in [4.69, 9.17) is 5.73 Å². The molecule has 108 valence electrons. The molecule has 3 N–H and O–H groups in total. The molecule has 5 heteroatoms. The Morgan fingerprint density at radius 2 is 2.21 bits per heavy atom. The van der Waals surface area contributed by atoms with Crippen LogP contribution in [0.25, 0.3) is 0 Å². The molecule has 19 heavy (non-hydrogen) atoms. The van der Waals surface area contributed by atoms with Crippen molar-refractivity contribution in [2.24, 2.45) is 17.6 Å². The standard InChI is InChI=1S/C14H25N3OS/c1-10(2)6-12(8-15)7-13(18)17-9-11(3)14-16-4-5-19-14/h4-5,10-12H,6-9,15H2,1-3H3,(H,17,18)/t11?,12-/m0/s1. The third-order valence-corrected chi connectivity index (χ3v) is 4.10. The van der Waals surface area contributed by atoms with Gasteiger partial charge in [0.1, 0.15) is 0 Å². The number of nitrogens with one attached hydrogen (secondary N) is 1. The SMILES string of the molecule is CC(C)C[C@H](CN)CC(=O)NCC(C)c1nccs1. The zero-order valence-electron chi connectivity index (χ0n) is 12.1. The topological polar surface area (TPSA) is 68.0 Å².